The van der Waals surface area contributed by atoms with Gasteiger partial charge in [-0.3, -0.25) is 4.79 Å². The van der Waals surface area contributed by atoms with Crippen LogP contribution in [0.4, 0.5) is 10.1 Å². The van der Waals surface area contributed by atoms with Gasteiger partial charge in [0.15, 0.2) is 0 Å². The second kappa shape index (κ2) is 10.9. The Morgan fingerprint density at radius 2 is 1.84 bits per heavy atom. The van der Waals surface area contributed by atoms with Crippen LogP contribution in [0.5, 0.6) is 0 Å². The SMILES string of the molecule is C=C(/N=C\C(=C/C)CN(C(=O)c1ccccc1C)c1ccc(F)cc1C)N1CCCCC1. The lowest BCUT2D eigenvalue weighted by molar-refractivity contribution is 0.0988. The van der Waals surface area contributed by atoms with Crippen LogP contribution in [0.2, 0.25) is 0 Å². The maximum atomic E-state index is 13.8. The van der Waals surface area contributed by atoms with Crippen molar-refractivity contribution in [3.8, 4) is 0 Å². The van der Waals surface area contributed by atoms with Gasteiger partial charge in [-0.25, -0.2) is 9.38 Å². The number of anilines is 1. The van der Waals surface area contributed by atoms with Crippen molar-refractivity contribution in [1.82, 2.24) is 4.90 Å². The molecule has 0 unspecified atom stereocenters. The average Bonchev–Trinajstić information content (AvgIpc) is 2.80. The van der Waals surface area contributed by atoms with Crippen LogP contribution in [0.25, 0.3) is 0 Å². The summed E-state index contributed by atoms with van der Waals surface area (Å²) in [4.78, 5) is 22.1. The van der Waals surface area contributed by atoms with Gasteiger partial charge in [-0.05, 0) is 81.0 Å². The number of aliphatic imine (C=N–C) groups is 1. The first-order valence-corrected chi connectivity index (χ1v) is 11.2. The van der Waals surface area contributed by atoms with Crippen molar-refractivity contribution in [1.29, 1.82) is 0 Å². The fourth-order valence-electron chi connectivity index (χ4n) is 3.93. The summed E-state index contributed by atoms with van der Waals surface area (Å²) >= 11 is 0. The van der Waals surface area contributed by atoms with Gasteiger partial charge in [0.1, 0.15) is 11.6 Å². The van der Waals surface area contributed by atoms with Crippen LogP contribution in [-0.2, 0) is 0 Å². The van der Waals surface area contributed by atoms with Crippen LogP contribution in [0.15, 0.2) is 71.5 Å². The maximum absolute atomic E-state index is 13.8. The smallest absolute Gasteiger partial charge is 0.258 e. The zero-order chi connectivity index (χ0) is 23.1. The van der Waals surface area contributed by atoms with Gasteiger partial charge in [0.25, 0.3) is 5.91 Å². The summed E-state index contributed by atoms with van der Waals surface area (Å²) in [5, 5.41) is 0. The number of allylic oxidation sites excluding steroid dienone is 1. The minimum atomic E-state index is -0.319. The molecule has 0 saturated carbocycles. The molecule has 0 spiro atoms. The molecule has 0 aliphatic carbocycles. The number of likely N-dealkylation sites (tertiary alicyclic amines) is 1. The van der Waals surface area contributed by atoms with Gasteiger partial charge in [0, 0.05) is 30.6 Å². The van der Waals surface area contributed by atoms with Crippen LogP contribution < -0.4 is 4.90 Å². The molecule has 1 amide bonds. The van der Waals surface area contributed by atoms with Crippen molar-refractivity contribution in [2.24, 2.45) is 4.99 Å². The van der Waals surface area contributed by atoms with Gasteiger partial charge in [0.05, 0.1) is 6.54 Å². The molecule has 1 aliphatic heterocycles. The van der Waals surface area contributed by atoms with Gasteiger partial charge in [-0.2, -0.15) is 0 Å². The normalized spacial score (nSPS) is 14.6. The quantitative estimate of drug-likeness (QED) is 0.497. The van der Waals surface area contributed by atoms with E-state index in [0.29, 0.717) is 23.4 Å². The molecule has 3 rings (SSSR count). The number of benzene rings is 2. The van der Waals surface area contributed by atoms with E-state index in [1.54, 1.807) is 17.2 Å². The van der Waals surface area contributed by atoms with Gasteiger partial charge < -0.3 is 9.80 Å². The fourth-order valence-corrected chi connectivity index (χ4v) is 3.93. The van der Waals surface area contributed by atoms with Crippen LogP contribution in [0.1, 0.15) is 47.7 Å². The molecule has 1 heterocycles. The van der Waals surface area contributed by atoms with Gasteiger partial charge in [0.2, 0.25) is 0 Å². The van der Waals surface area contributed by atoms with E-state index in [9.17, 15) is 9.18 Å². The van der Waals surface area contributed by atoms with Crippen LogP contribution in [0.3, 0.4) is 0 Å². The number of aryl methyl sites for hydroxylation is 2. The molecule has 2 aromatic rings. The third-order valence-electron chi connectivity index (χ3n) is 5.88. The molecule has 5 heteroatoms. The molecule has 1 aliphatic rings. The Morgan fingerprint density at radius 1 is 1.12 bits per heavy atom. The van der Waals surface area contributed by atoms with Gasteiger partial charge in [-0.1, -0.05) is 30.9 Å². The number of rotatable bonds is 7. The summed E-state index contributed by atoms with van der Waals surface area (Å²) in [5.74, 6) is 0.305. The summed E-state index contributed by atoms with van der Waals surface area (Å²) in [6.45, 7) is 12.1. The molecule has 1 saturated heterocycles. The van der Waals surface area contributed by atoms with Crippen LogP contribution >= 0.6 is 0 Å². The minimum absolute atomic E-state index is 0.125. The predicted octanol–water partition coefficient (Wildman–Crippen LogP) is 6.06. The maximum Gasteiger partial charge on any atom is 0.258 e. The van der Waals surface area contributed by atoms with E-state index in [0.717, 1.165) is 42.9 Å². The molecule has 0 atom stereocenters. The first-order chi connectivity index (χ1) is 15.4. The first kappa shape index (κ1) is 23.5. The summed E-state index contributed by atoms with van der Waals surface area (Å²) in [6, 6.07) is 12.0. The fraction of sp³-hybridized carbons (Fsp3) is 0.333. The van der Waals surface area contributed by atoms with Crippen molar-refractivity contribution in [2.45, 2.75) is 40.0 Å². The largest absolute Gasteiger partial charge is 0.357 e. The Morgan fingerprint density at radius 3 is 2.50 bits per heavy atom. The molecule has 2 aromatic carbocycles. The zero-order valence-electron chi connectivity index (χ0n) is 19.3. The molecule has 0 bridgehead atoms. The molecule has 168 valence electrons. The van der Waals surface area contributed by atoms with E-state index in [2.05, 4.69) is 16.5 Å². The summed E-state index contributed by atoms with van der Waals surface area (Å²) in [6.07, 6.45) is 7.31. The highest BCUT2D eigenvalue weighted by Gasteiger charge is 2.22. The molecule has 0 N–H and O–H groups in total. The Labute approximate surface area is 190 Å². The lowest BCUT2D eigenvalue weighted by Crippen LogP contribution is -2.34. The third kappa shape index (κ3) is 5.72. The average molecular weight is 434 g/mol. The van der Waals surface area contributed by atoms with E-state index in [1.807, 2.05) is 51.1 Å². The zero-order valence-corrected chi connectivity index (χ0v) is 19.3. The van der Waals surface area contributed by atoms with E-state index in [4.69, 9.17) is 0 Å². The number of halogens is 1. The van der Waals surface area contributed by atoms with Gasteiger partial charge >= 0.3 is 0 Å². The number of carbonyl (C=O) groups is 1. The highest BCUT2D eigenvalue weighted by Crippen LogP contribution is 2.25. The van der Waals surface area contributed by atoms with Crippen molar-refractivity contribution < 1.29 is 9.18 Å². The van der Waals surface area contributed by atoms with Crippen LogP contribution in [-0.4, -0.2) is 36.7 Å². The molecule has 1 fully saturated rings. The second-order valence-electron chi connectivity index (χ2n) is 8.22. The number of hydrogen-bond acceptors (Lipinski definition) is 3. The van der Waals surface area contributed by atoms with E-state index < -0.39 is 0 Å². The van der Waals surface area contributed by atoms with Crippen molar-refractivity contribution in [3.63, 3.8) is 0 Å². The summed E-state index contributed by atoms with van der Waals surface area (Å²) in [5.41, 5.74) is 3.80. The number of amides is 1. The molecular weight excluding hydrogens is 401 g/mol. The molecule has 4 nitrogen and oxygen atoms in total. The molecule has 0 radical (unpaired) electrons. The number of carbonyl (C=O) groups excluding carboxylic acids is 1. The third-order valence-corrected chi connectivity index (χ3v) is 5.88. The number of hydrogen-bond donors (Lipinski definition) is 0. The summed E-state index contributed by atoms with van der Waals surface area (Å²) in [7, 11) is 0. The lowest BCUT2D eigenvalue weighted by Gasteiger charge is -2.28. The van der Waals surface area contributed by atoms with Crippen molar-refractivity contribution in [2.75, 3.05) is 24.5 Å². The number of piperidine rings is 1. The van der Waals surface area contributed by atoms with Crippen LogP contribution in [0, 0.1) is 19.7 Å². The monoisotopic (exact) mass is 433 g/mol. The standard InChI is InChI=1S/C27H32FN3O/c1-5-23(18-29-22(4)30-15-9-6-10-16-30)19-31(26-14-13-24(28)17-21(26)3)27(32)25-12-8-7-11-20(25)2/h5,7-8,11-14,17-18H,4,6,9-10,15-16,19H2,1-3H3/b23-5+,29-18-. The Balaban J connectivity index is 1.88. The Hall–Kier alpha value is -3.21. The Bertz CT molecular complexity index is 1030. The minimum Gasteiger partial charge on any atom is -0.357 e. The highest BCUT2D eigenvalue weighted by molar-refractivity contribution is 6.08. The number of nitrogens with zero attached hydrogens (tertiary/aromatic N) is 3. The topological polar surface area (TPSA) is 35.9 Å². The first-order valence-electron chi connectivity index (χ1n) is 11.2. The highest BCUT2D eigenvalue weighted by atomic mass is 19.1. The van der Waals surface area contributed by atoms with Crippen molar-refractivity contribution in [3.05, 3.63) is 89.0 Å². The summed E-state index contributed by atoms with van der Waals surface area (Å²) < 4.78 is 13.8. The molecular formula is C27H32FN3O. The van der Waals surface area contributed by atoms with Gasteiger partial charge in [-0.15, -0.1) is 0 Å². The van der Waals surface area contributed by atoms with E-state index >= 15 is 0 Å². The van der Waals surface area contributed by atoms with E-state index in [-0.39, 0.29) is 11.7 Å². The van der Waals surface area contributed by atoms with E-state index in [1.165, 1.54) is 18.6 Å². The second-order valence-corrected chi connectivity index (χ2v) is 8.22. The predicted molar refractivity (Wildman–Crippen MR) is 131 cm³/mol. The molecule has 0 aromatic heterocycles. The lowest BCUT2D eigenvalue weighted by atomic mass is 10.1. The Kier molecular flexibility index (Phi) is 7.98. The molecule has 32 heavy (non-hydrogen) atoms. The van der Waals surface area contributed by atoms with Crippen molar-refractivity contribution >= 4 is 17.8 Å².